The minimum Gasteiger partial charge on any atom is -0.302 e. The van der Waals surface area contributed by atoms with E-state index < -0.39 is 9.84 Å². The second kappa shape index (κ2) is 6.02. The van der Waals surface area contributed by atoms with E-state index in [0.717, 1.165) is 31.4 Å². The smallest absolute Gasteiger partial charge is 0.148 e. The van der Waals surface area contributed by atoms with Gasteiger partial charge in [0.1, 0.15) is 9.84 Å². The lowest BCUT2D eigenvalue weighted by Crippen LogP contribution is -2.37. The Morgan fingerprint density at radius 2 is 2.19 bits per heavy atom. The number of hydrogen-bond donors (Lipinski definition) is 0. The predicted molar refractivity (Wildman–Crippen MR) is 87.7 cm³/mol. The number of hydrogen-bond acceptors (Lipinski definition) is 5. The molecule has 2 heterocycles. The van der Waals surface area contributed by atoms with Gasteiger partial charge in [-0.25, -0.2) is 13.4 Å². The summed E-state index contributed by atoms with van der Waals surface area (Å²) >= 11 is 1.77. The van der Waals surface area contributed by atoms with Crippen LogP contribution >= 0.6 is 11.3 Å². The van der Waals surface area contributed by atoms with Gasteiger partial charge < -0.3 is 4.90 Å². The average molecular weight is 324 g/mol. The van der Waals surface area contributed by atoms with Crippen LogP contribution in [0.15, 0.2) is 24.3 Å². The molecule has 2 aromatic rings. The van der Waals surface area contributed by atoms with E-state index in [2.05, 4.69) is 17.0 Å². The number of fused-ring (bicyclic) bond motifs is 1. The SMILES string of the molecule is CS(=O)(=O)CCN1CCC[C@@H](c2nc3ccccc3s2)C1. The molecule has 0 saturated carbocycles. The molecule has 1 aromatic carbocycles. The summed E-state index contributed by atoms with van der Waals surface area (Å²) in [6.07, 6.45) is 3.57. The summed E-state index contributed by atoms with van der Waals surface area (Å²) in [5.74, 6) is 0.690. The van der Waals surface area contributed by atoms with Gasteiger partial charge in [-0.2, -0.15) is 0 Å². The number of piperidine rings is 1. The molecular weight excluding hydrogens is 304 g/mol. The van der Waals surface area contributed by atoms with Crippen LogP contribution < -0.4 is 0 Å². The number of nitrogens with zero attached hydrogens (tertiary/aromatic N) is 2. The maximum atomic E-state index is 11.3. The van der Waals surface area contributed by atoms with Crippen LogP contribution in [0.25, 0.3) is 10.2 Å². The molecule has 4 nitrogen and oxygen atoms in total. The van der Waals surface area contributed by atoms with Crippen molar-refractivity contribution in [3.8, 4) is 0 Å². The second-order valence-electron chi connectivity index (χ2n) is 5.79. The number of thiazole rings is 1. The molecule has 0 radical (unpaired) electrons. The third kappa shape index (κ3) is 3.81. The highest BCUT2D eigenvalue weighted by Crippen LogP contribution is 2.32. The molecule has 1 aromatic heterocycles. The largest absolute Gasteiger partial charge is 0.302 e. The zero-order chi connectivity index (χ0) is 14.9. The van der Waals surface area contributed by atoms with Crippen molar-refractivity contribution >= 4 is 31.4 Å². The van der Waals surface area contributed by atoms with Gasteiger partial charge in [0, 0.05) is 25.3 Å². The standard InChI is InChI=1S/C15H20N2O2S2/c1-21(18,19)10-9-17-8-4-5-12(11-17)15-16-13-6-2-3-7-14(13)20-15/h2-3,6-7,12H,4-5,8-11H2,1H3/t12-/m1/s1. The average Bonchev–Trinajstić information content (AvgIpc) is 2.89. The van der Waals surface area contributed by atoms with Gasteiger partial charge in [-0.1, -0.05) is 12.1 Å². The van der Waals surface area contributed by atoms with E-state index in [1.165, 1.54) is 16.0 Å². The number of rotatable bonds is 4. The number of sulfone groups is 1. The summed E-state index contributed by atoms with van der Waals surface area (Å²) in [5, 5.41) is 1.19. The molecule has 0 amide bonds. The zero-order valence-electron chi connectivity index (χ0n) is 12.2. The van der Waals surface area contributed by atoms with Crippen LogP contribution in [0.4, 0.5) is 0 Å². The quantitative estimate of drug-likeness (QED) is 0.867. The van der Waals surface area contributed by atoms with Gasteiger partial charge in [-0.05, 0) is 31.5 Å². The zero-order valence-corrected chi connectivity index (χ0v) is 13.8. The highest BCUT2D eigenvalue weighted by Gasteiger charge is 2.24. The minimum absolute atomic E-state index is 0.250. The van der Waals surface area contributed by atoms with E-state index in [9.17, 15) is 8.42 Å². The van der Waals surface area contributed by atoms with Gasteiger partial charge in [0.05, 0.1) is 21.0 Å². The lowest BCUT2D eigenvalue weighted by molar-refractivity contribution is 0.218. The van der Waals surface area contributed by atoms with E-state index in [4.69, 9.17) is 4.98 Å². The van der Waals surface area contributed by atoms with E-state index >= 15 is 0 Å². The Bertz CT molecular complexity index is 691. The van der Waals surface area contributed by atoms with E-state index in [-0.39, 0.29) is 5.75 Å². The number of benzene rings is 1. The molecule has 114 valence electrons. The van der Waals surface area contributed by atoms with Crippen molar-refractivity contribution < 1.29 is 8.42 Å². The summed E-state index contributed by atoms with van der Waals surface area (Å²) in [5.41, 5.74) is 1.07. The Morgan fingerprint density at radius 1 is 1.38 bits per heavy atom. The Balaban J connectivity index is 1.70. The number of para-hydroxylation sites is 1. The van der Waals surface area contributed by atoms with Gasteiger partial charge in [0.15, 0.2) is 0 Å². The summed E-state index contributed by atoms with van der Waals surface area (Å²) in [7, 11) is -2.88. The second-order valence-corrected chi connectivity index (χ2v) is 9.11. The van der Waals surface area contributed by atoms with Crippen LogP contribution in [0.1, 0.15) is 23.8 Å². The Labute approximate surface area is 129 Å². The summed E-state index contributed by atoms with van der Waals surface area (Å²) in [4.78, 5) is 7.02. The molecule has 6 heteroatoms. The van der Waals surface area contributed by atoms with Crippen LogP contribution in [0, 0.1) is 0 Å². The molecule has 1 fully saturated rings. The first kappa shape index (κ1) is 14.9. The molecule has 1 atom stereocenters. The Hall–Kier alpha value is -0.980. The fourth-order valence-corrected chi connectivity index (χ4v) is 4.50. The van der Waals surface area contributed by atoms with Crippen molar-refractivity contribution in [3.05, 3.63) is 29.3 Å². The molecule has 0 unspecified atom stereocenters. The molecule has 1 saturated heterocycles. The molecule has 1 aliphatic rings. The van der Waals surface area contributed by atoms with E-state index in [0.29, 0.717) is 12.5 Å². The third-order valence-electron chi connectivity index (χ3n) is 3.94. The molecule has 0 bridgehead atoms. The van der Waals surface area contributed by atoms with Crippen molar-refractivity contribution in [2.24, 2.45) is 0 Å². The molecule has 0 N–H and O–H groups in total. The molecule has 3 rings (SSSR count). The van der Waals surface area contributed by atoms with Crippen LogP contribution in [-0.2, 0) is 9.84 Å². The molecule has 0 aliphatic carbocycles. The summed E-state index contributed by atoms with van der Waals surface area (Å²) in [6, 6.07) is 8.23. The molecular formula is C15H20N2O2S2. The first-order chi connectivity index (χ1) is 10.0. The maximum absolute atomic E-state index is 11.3. The molecule has 0 spiro atoms. The molecule has 1 aliphatic heterocycles. The first-order valence-corrected chi connectivity index (χ1v) is 10.1. The maximum Gasteiger partial charge on any atom is 0.148 e. The summed E-state index contributed by atoms with van der Waals surface area (Å²) < 4.78 is 23.8. The van der Waals surface area contributed by atoms with Crippen LogP contribution in [-0.4, -0.2) is 49.9 Å². The third-order valence-corrected chi connectivity index (χ3v) is 6.07. The first-order valence-electron chi connectivity index (χ1n) is 7.27. The fraction of sp³-hybridized carbons (Fsp3) is 0.533. The van der Waals surface area contributed by atoms with Gasteiger partial charge in [-0.3, -0.25) is 0 Å². The Kier molecular flexibility index (Phi) is 4.28. The highest BCUT2D eigenvalue weighted by atomic mass is 32.2. The van der Waals surface area contributed by atoms with E-state index in [1.807, 2.05) is 12.1 Å². The van der Waals surface area contributed by atoms with Gasteiger partial charge in [-0.15, -0.1) is 11.3 Å². The monoisotopic (exact) mass is 324 g/mol. The van der Waals surface area contributed by atoms with Crippen LogP contribution in [0.5, 0.6) is 0 Å². The normalized spacial score (nSPS) is 20.9. The predicted octanol–water partition coefficient (Wildman–Crippen LogP) is 2.52. The van der Waals surface area contributed by atoms with Crippen LogP contribution in [0.3, 0.4) is 0 Å². The van der Waals surface area contributed by atoms with Crippen molar-refractivity contribution in [2.45, 2.75) is 18.8 Å². The number of aromatic nitrogens is 1. The highest BCUT2D eigenvalue weighted by molar-refractivity contribution is 7.90. The van der Waals surface area contributed by atoms with Gasteiger partial charge in [0.25, 0.3) is 0 Å². The van der Waals surface area contributed by atoms with Gasteiger partial charge in [0.2, 0.25) is 0 Å². The van der Waals surface area contributed by atoms with Crippen LogP contribution in [0.2, 0.25) is 0 Å². The van der Waals surface area contributed by atoms with Gasteiger partial charge >= 0.3 is 0 Å². The fourth-order valence-electron chi connectivity index (χ4n) is 2.82. The van der Waals surface area contributed by atoms with Crippen molar-refractivity contribution in [3.63, 3.8) is 0 Å². The Morgan fingerprint density at radius 3 is 2.95 bits per heavy atom. The molecule has 21 heavy (non-hydrogen) atoms. The van der Waals surface area contributed by atoms with E-state index in [1.54, 1.807) is 11.3 Å². The minimum atomic E-state index is -2.88. The lowest BCUT2D eigenvalue weighted by Gasteiger charge is -2.31. The number of likely N-dealkylation sites (tertiary alicyclic amines) is 1. The topological polar surface area (TPSA) is 50.3 Å². The summed E-state index contributed by atoms with van der Waals surface area (Å²) in [6.45, 7) is 2.56. The van der Waals surface area contributed by atoms with Crippen molar-refractivity contribution in [1.29, 1.82) is 0 Å². The lowest BCUT2D eigenvalue weighted by atomic mass is 9.99. The van der Waals surface area contributed by atoms with Crippen molar-refractivity contribution in [2.75, 3.05) is 31.6 Å². The van der Waals surface area contributed by atoms with Crippen molar-refractivity contribution in [1.82, 2.24) is 9.88 Å².